The first-order chi connectivity index (χ1) is 14.1. The molecular weight excluding hydrogens is 366 g/mol. The lowest BCUT2D eigenvalue weighted by Gasteiger charge is -2.47. The normalized spacial score (nSPS) is 20.1. The van der Waals surface area contributed by atoms with E-state index in [1.165, 1.54) is 0 Å². The highest BCUT2D eigenvalue weighted by atomic mass is 16.2. The summed E-state index contributed by atoms with van der Waals surface area (Å²) in [5.74, 6) is 0.230. The van der Waals surface area contributed by atoms with Crippen molar-refractivity contribution in [1.29, 1.82) is 0 Å². The van der Waals surface area contributed by atoms with Gasteiger partial charge in [0.1, 0.15) is 6.04 Å². The van der Waals surface area contributed by atoms with Crippen molar-refractivity contribution in [3.8, 4) is 0 Å². The number of hydrogen-bond acceptors (Lipinski definition) is 4. The number of nitrogens with two attached hydrogens (primary N) is 1. The molecule has 0 unspecified atom stereocenters. The molecular formula is C22H29N5O2. The van der Waals surface area contributed by atoms with Crippen LogP contribution < -0.4 is 5.73 Å². The minimum atomic E-state index is -0.607. The zero-order chi connectivity index (χ0) is 20.3. The van der Waals surface area contributed by atoms with Crippen LogP contribution in [0.15, 0.2) is 42.9 Å². The quantitative estimate of drug-likeness (QED) is 0.808. The van der Waals surface area contributed by atoms with Crippen LogP contribution in [0.2, 0.25) is 0 Å². The first-order valence-corrected chi connectivity index (χ1v) is 10.4. The summed E-state index contributed by atoms with van der Waals surface area (Å²) in [7, 11) is 0. The summed E-state index contributed by atoms with van der Waals surface area (Å²) in [6.45, 7) is 2.92. The second kappa shape index (κ2) is 8.37. The summed E-state index contributed by atoms with van der Waals surface area (Å²) in [5, 5.41) is 0. The molecule has 1 spiro atoms. The zero-order valence-electron chi connectivity index (χ0n) is 16.7. The molecule has 0 bridgehead atoms. The number of aromatic amines is 1. The highest BCUT2D eigenvalue weighted by Crippen LogP contribution is 2.40. The Morgan fingerprint density at radius 3 is 2.66 bits per heavy atom. The van der Waals surface area contributed by atoms with Crippen LogP contribution in [0.5, 0.6) is 0 Å². The summed E-state index contributed by atoms with van der Waals surface area (Å²) >= 11 is 0. The van der Waals surface area contributed by atoms with E-state index in [0.29, 0.717) is 26.1 Å². The van der Waals surface area contributed by atoms with Crippen molar-refractivity contribution >= 4 is 11.8 Å². The van der Waals surface area contributed by atoms with Crippen molar-refractivity contribution in [1.82, 2.24) is 19.8 Å². The van der Waals surface area contributed by atoms with Crippen LogP contribution in [0.4, 0.5) is 0 Å². The van der Waals surface area contributed by atoms with E-state index in [2.05, 4.69) is 9.97 Å². The summed E-state index contributed by atoms with van der Waals surface area (Å²) in [5.41, 5.74) is 8.24. The van der Waals surface area contributed by atoms with Crippen molar-refractivity contribution in [2.45, 2.75) is 38.1 Å². The van der Waals surface area contributed by atoms with Crippen molar-refractivity contribution in [2.24, 2.45) is 11.1 Å². The fourth-order valence-electron chi connectivity index (χ4n) is 4.59. The predicted octanol–water partition coefficient (Wildman–Crippen LogP) is 1.88. The Balaban J connectivity index is 1.34. The molecule has 2 aliphatic heterocycles. The number of H-pyrrole nitrogens is 1. The topological polar surface area (TPSA) is 95.3 Å². The Bertz CT molecular complexity index is 828. The van der Waals surface area contributed by atoms with Gasteiger partial charge in [-0.3, -0.25) is 9.59 Å². The Morgan fingerprint density at radius 1 is 1.21 bits per heavy atom. The molecule has 3 N–H and O–H groups in total. The summed E-state index contributed by atoms with van der Waals surface area (Å²) in [4.78, 5) is 36.3. The van der Waals surface area contributed by atoms with E-state index in [-0.39, 0.29) is 17.2 Å². The fraction of sp³-hybridized carbons (Fsp3) is 0.500. The summed E-state index contributed by atoms with van der Waals surface area (Å²) in [6.07, 6.45) is 7.63. The number of nitrogens with zero attached hydrogens (tertiary/aromatic N) is 3. The molecule has 7 heteroatoms. The number of likely N-dealkylation sites (tertiary alicyclic amines) is 2. The van der Waals surface area contributed by atoms with Gasteiger partial charge in [-0.2, -0.15) is 0 Å². The Hall–Kier alpha value is -2.67. The van der Waals surface area contributed by atoms with Gasteiger partial charge in [0, 0.05) is 50.9 Å². The van der Waals surface area contributed by atoms with Gasteiger partial charge < -0.3 is 20.5 Å². The lowest BCUT2D eigenvalue weighted by atomic mass is 9.72. The van der Waals surface area contributed by atoms with Crippen molar-refractivity contribution in [3.63, 3.8) is 0 Å². The molecule has 1 aromatic carbocycles. The van der Waals surface area contributed by atoms with E-state index < -0.39 is 6.04 Å². The first-order valence-electron chi connectivity index (χ1n) is 10.4. The van der Waals surface area contributed by atoms with Crippen LogP contribution in [0, 0.1) is 5.41 Å². The van der Waals surface area contributed by atoms with E-state index in [4.69, 9.17) is 5.73 Å². The minimum absolute atomic E-state index is 0.00552. The second-order valence-corrected chi connectivity index (χ2v) is 8.36. The highest BCUT2D eigenvalue weighted by molar-refractivity contribution is 5.83. The molecule has 1 atom stereocenters. The molecule has 29 heavy (non-hydrogen) atoms. The van der Waals surface area contributed by atoms with E-state index in [0.717, 1.165) is 43.5 Å². The van der Waals surface area contributed by atoms with E-state index in [9.17, 15) is 9.59 Å². The molecule has 7 nitrogen and oxygen atoms in total. The molecule has 1 aromatic heterocycles. The fourth-order valence-corrected chi connectivity index (χ4v) is 4.59. The third-order valence-corrected chi connectivity index (χ3v) is 6.51. The number of amides is 2. The SMILES string of the molecule is N[C@@H](C(=O)N1CCC2(CCC(=O)N(CCc3cnc[nH]3)C2)CC1)c1ccccc1. The number of nitrogens with one attached hydrogen (secondary N) is 1. The molecule has 3 heterocycles. The van der Waals surface area contributed by atoms with Crippen LogP contribution in [0.25, 0.3) is 0 Å². The van der Waals surface area contributed by atoms with Gasteiger partial charge >= 0.3 is 0 Å². The minimum Gasteiger partial charge on any atom is -0.348 e. The van der Waals surface area contributed by atoms with Crippen molar-refractivity contribution in [3.05, 3.63) is 54.1 Å². The van der Waals surface area contributed by atoms with Crippen molar-refractivity contribution in [2.75, 3.05) is 26.2 Å². The smallest absolute Gasteiger partial charge is 0.244 e. The third-order valence-electron chi connectivity index (χ3n) is 6.51. The predicted molar refractivity (Wildman–Crippen MR) is 110 cm³/mol. The Labute approximate surface area is 171 Å². The van der Waals surface area contributed by atoms with Gasteiger partial charge in [-0.15, -0.1) is 0 Å². The number of carbonyl (C=O) groups is 2. The van der Waals surface area contributed by atoms with E-state index in [1.807, 2.05) is 46.3 Å². The average Bonchev–Trinajstić information content (AvgIpc) is 3.28. The lowest BCUT2D eigenvalue weighted by Crippen LogP contribution is -2.53. The largest absolute Gasteiger partial charge is 0.348 e. The van der Waals surface area contributed by atoms with Crippen LogP contribution >= 0.6 is 0 Å². The first kappa shape index (κ1) is 19.6. The molecule has 2 aliphatic rings. The van der Waals surface area contributed by atoms with Crippen LogP contribution in [0.1, 0.15) is 43.0 Å². The van der Waals surface area contributed by atoms with Crippen LogP contribution in [-0.4, -0.2) is 57.8 Å². The van der Waals surface area contributed by atoms with Gasteiger partial charge in [0.2, 0.25) is 11.8 Å². The molecule has 2 saturated heterocycles. The maximum absolute atomic E-state index is 12.8. The zero-order valence-corrected chi connectivity index (χ0v) is 16.7. The number of imidazole rings is 1. The van der Waals surface area contributed by atoms with E-state index >= 15 is 0 Å². The van der Waals surface area contributed by atoms with Crippen LogP contribution in [0.3, 0.4) is 0 Å². The molecule has 2 aromatic rings. The number of piperidine rings is 2. The summed E-state index contributed by atoms with van der Waals surface area (Å²) in [6, 6.07) is 8.93. The standard InChI is InChI=1S/C22H29N5O2/c23-20(17-4-2-1-3-5-17)21(29)26-12-9-22(10-13-26)8-6-19(28)27(15-22)11-7-18-14-24-16-25-18/h1-5,14,16,20H,6-13,15,23H2,(H,24,25)/t20-/m1/s1. The van der Waals surface area contributed by atoms with Gasteiger partial charge in [-0.1, -0.05) is 30.3 Å². The van der Waals surface area contributed by atoms with Gasteiger partial charge in [0.05, 0.1) is 6.33 Å². The molecule has 154 valence electrons. The van der Waals surface area contributed by atoms with Gasteiger partial charge in [0.15, 0.2) is 0 Å². The number of rotatable bonds is 5. The van der Waals surface area contributed by atoms with Crippen LogP contribution in [-0.2, 0) is 16.0 Å². The van der Waals surface area contributed by atoms with E-state index in [1.54, 1.807) is 6.33 Å². The molecule has 2 fully saturated rings. The molecule has 0 aliphatic carbocycles. The maximum atomic E-state index is 12.8. The molecule has 0 radical (unpaired) electrons. The lowest BCUT2D eigenvalue weighted by molar-refractivity contribution is -0.143. The van der Waals surface area contributed by atoms with Gasteiger partial charge in [-0.25, -0.2) is 4.98 Å². The Morgan fingerprint density at radius 2 is 1.97 bits per heavy atom. The molecule has 4 rings (SSSR count). The van der Waals surface area contributed by atoms with Gasteiger partial charge in [0.25, 0.3) is 0 Å². The maximum Gasteiger partial charge on any atom is 0.244 e. The average molecular weight is 396 g/mol. The van der Waals surface area contributed by atoms with Crippen molar-refractivity contribution < 1.29 is 9.59 Å². The Kier molecular flexibility index (Phi) is 5.67. The third kappa shape index (κ3) is 4.34. The monoisotopic (exact) mass is 395 g/mol. The highest BCUT2D eigenvalue weighted by Gasteiger charge is 2.42. The number of hydrogen-bond donors (Lipinski definition) is 2. The number of aromatic nitrogens is 2. The molecule has 0 saturated carbocycles. The number of benzene rings is 1. The van der Waals surface area contributed by atoms with Gasteiger partial charge in [-0.05, 0) is 30.2 Å². The number of carbonyl (C=O) groups excluding carboxylic acids is 2. The summed E-state index contributed by atoms with van der Waals surface area (Å²) < 4.78 is 0. The second-order valence-electron chi connectivity index (χ2n) is 8.36. The molecule has 2 amide bonds.